The first-order valence-electron chi connectivity index (χ1n) is 2.54. The van der Waals surface area contributed by atoms with Gasteiger partial charge in [0.05, 0.1) is 0 Å². The van der Waals surface area contributed by atoms with Gasteiger partial charge in [-0.15, -0.1) is 0 Å². The molecule has 1 atom stereocenters. The number of hydrogen-bond donors (Lipinski definition) is 0. The minimum atomic E-state index is -0.153. The van der Waals surface area contributed by atoms with Gasteiger partial charge in [-0.3, -0.25) is 9.79 Å². The number of rotatable bonds is 0. The number of ketones is 1. The van der Waals surface area contributed by atoms with Crippen molar-refractivity contribution in [1.82, 2.24) is 0 Å². The van der Waals surface area contributed by atoms with E-state index in [1.165, 1.54) is 6.08 Å². The van der Waals surface area contributed by atoms with Crippen LogP contribution in [0.2, 0.25) is 0 Å². The number of dihydropyridines is 1. The van der Waals surface area contributed by atoms with E-state index in [0.29, 0.717) is 0 Å². The molecule has 2 heteroatoms. The zero-order chi connectivity index (χ0) is 5.98. The highest BCUT2D eigenvalue weighted by atomic mass is 16.1. The molecule has 0 saturated carbocycles. The standard InChI is InChI=1S/C6H7NO/c1-5-6(8)3-2-4-7-5/h2-5H,1H3. The fourth-order valence-electron chi connectivity index (χ4n) is 0.529. The molecule has 0 aromatic carbocycles. The minimum absolute atomic E-state index is 0.0903. The average molecular weight is 109 g/mol. The molecule has 1 aliphatic rings. The monoisotopic (exact) mass is 109 g/mol. The summed E-state index contributed by atoms with van der Waals surface area (Å²) in [5, 5.41) is 0. The van der Waals surface area contributed by atoms with Crippen molar-refractivity contribution in [3.05, 3.63) is 12.2 Å². The maximum absolute atomic E-state index is 10.6. The van der Waals surface area contributed by atoms with Crippen molar-refractivity contribution < 1.29 is 4.79 Å². The summed E-state index contributed by atoms with van der Waals surface area (Å²) in [4.78, 5) is 14.4. The first-order valence-corrected chi connectivity index (χ1v) is 2.54. The van der Waals surface area contributed by atoms with E-state index < -0.39 is 0 Å². The number of allylic oxidation sites excluding steroid dienone is 1. The molecule has 0 spiro atoms. The van der Waals surface area contributed by atoms with Crippen molar-refractivity contribution in [2.45, 2.75) is 13.0 Å². The molecule has 0 radical (unpaired) electrons. The van der Waals surface area contributed by atoms with E-state index in [9.17, 15) is 4.79 Å². The summed E-state index contributed by atoms with van der Waals surface area (Å²) in [5.41, 5.74) is 0. The van der Waals surface area contributed by atoms with Gasteiger partial charge >= 0.3 is 0 Å². The van der Waals surface area contributed by atoms with E-state index in [2.05, 4.69) is 4.99 Å². The molecule has 1 heterocycles. The molecule has 0 saturated heterocycles. The fraction of sp³-hybridized carbons (Fsp3) is 0.333. The number of carbonyl (C=O) groups is 1. The quantitative estimate of drug-likeness (QED) is 0.447. The molecule has 0 fully saturated rings. The van der Waals surface area contributed by atoms with Gasteiger partial charge in [-0.2, -0.15) is 0 Å². The van der Waals surface area contributed by atoms with Crippen LogP contribution < -0.4 is 0 Å². The molecule has 1 rings (SSSR count). The Labute approximate surface area is 47.9 Å². The SMILES string of the molecule is CC1N=CC=CC1=O. The molecule has 0 amide bonds. The van der Waals surface area contributed by atoms with Crippen molar-refractivity contribution in [1.29, 1.82) is 0 Å². The summed E-state index contributed by atoms with van der Waals surface area (Å²) in [6.07, 6.45) is 4.84. The molecule has 0 N–H and O–H groups in total. The van der Waals surface area contributed by atoms with Crippen LogP contribution in [0.5, 0.6) is 0 Å². The fourth-order valence-corrected chi connectivity index (χ4v) is 0.529. The van der Waals surface area contributed by atoms with Gasteiger partial charge in [-0.05, 0) is 19.1 Å². The smallest absolute Gasteiger partial charge is 0.179 e. The largest absolute Gasteiger partial charge is 0.292 e. The van der Waals surface area contributed by atoms with Gasteiger partial charge in [-0.1, -0.05) is 0 Å². The zero-order valence-corrected chi connectivity index (χ0v) is 4.66. The Morgan fingerprint density at radius 3 is 2.88 bits per heavy atom. The number of aliphatic imine (C=N–C) groups is 1. The Morgan fingerprint density at radius 1 is 1.75 bits per heavy atom. The van der Waals surface area contributed by atoms with Gasteiger partial charge in [-0.25, -0.2) is 0 Å². The summed E-state index contributed by atoms with van der Waals surface area (Å²) < 4.78 is 0. The molecule has 42 valence electrons. The predicted octanol–water partition coefficient (Wildman–Crippen LogP) is 0.585. The highest BCUT2D eigenvalue weighted by molar-refractivity contribution is 6.00. The van der Waals surface area contributed by atoms with Crippen molar-refractivity contribution in [3.63, 3.8) is 0 Å². The van der Waals surface area contributed by atoms with Crippen molar-refractivity contribution in [3.8, 4) is 0 Å². The lowest BCUT2D eigenvalue weighted by atomic mass is 10.2. The van der Waals surface area contributed by atoms with Crippen LogP contribution in [-0.2, 0) is 4.79 Å². The topological polar surface area (TPSA) is 29.4 Å². The summed E-state index contributed by atoms with van der Waals surface area (Å²) in [7, 11) is 0. The first-order chi connectivity index (χ1) is 3.80. The summed E-state index contributed by atoms with van der Waals surface area (Å²) in [6, 6.07) is -0.153. The molecule has 0 bridgehead atoms. The maximum atomic E-state index is 10.6. The Balaban J connectivity index is 2.74. The molecule has 0 aromatic rings. The third-order valence-electron chi connectivity index (χ3n) is 1.07. The van der Waals surface area contributed by atoms with Crippen LogP contribution in [0, 0.1) is 0 Å². The van der Waals surface area contributed by atoms with Gasteiger partial charge in [0.25, 0.3) is 0 Å². The van der Waals surface area contributed by atoms with E-state index in [0.717, 1.165) is 0 Å². The molecule has 2 nitrogen and oxygen atoms in total. The highest BCUT2D eigenvalue weighted by Crippen LogP contribution is 1.95. The first kappa shape index (κ1) is 5.22. The highest BCUT2D eigenvalue weighted by Gasteiger charge is 2.07. The van der Waals surface area contributed by atoms with Crippen LogP contribution in [0.1, 0.15) is 6.92 Å². The maximum Gasteiger partial charge on any atom is 0.179 e. The lowest BCUT2D eigenvalue weighted by Gasteiger charge is -2.01. The van der Waals surface area contributed by atoms with Crippen LogP contribution in [0.3, 0.4) is 0 Å². The molecule has 8 heavy (non-hydrogen) atoms. The second kappa shape index (κ2) is 1.90. The van der Waals surface area contributed by atoms with E-state index in [-0.39, 0.29) is 11.8 Å². The van der Waals surface area contributed by atoms with Gasteiger partial charge in [0.1, 0.15) is 6.04 Å². The molecule has 0 aliphatic carbocycles. The van der Waals surface area contributed by atoms with Crippen molar-refractivity contribution in [2.75, 3.05) is 0 Å². The third kappa shape index (κ3) is 0.832. The Hall–Kier alpha value is -0.920. The predicted molar refractivity (Wildman–Crippen MR) is 32.1 cm³/mol. The van der Waals surface area contributed by atoms with Gasteiger partial charge < -0.3 is 0 Å². The molecular weight excluding hydrogens is 102 g/mol. The van der Waals surface area contributed by atoms with Crippen LogP contribution >= 0.6 is 0 Å². The van der Waals surface area contributed by atoms with Crippen molar-refractivity contribution in [2.24, 2.45) is 4.99 Å². The Morgan fingerprint density at radius 2 is 2.50 bits per heavy atom. The number of nitrogens with zero attached hydrogens (tertiary/aromatic N) is 1. The van der Waals surface area contributed by atoms with E-state index in [1.54, 1.807) is 19.2 Å². The second-order valence-electron chi connectivity index (χ2n) is 1.74. The molecule has 0 aromatic heterocycles. The average Bonchev–Trinajstić information content (AvgIpc) is 1.77. The van der Waals surface area contributed by atoms with E-state index in [4.69, 9.17) is 0 Å². The Kier molecular flexibility index (Phi) is 1.24. The van der Waals surface area contributed by atoms with Gasteiger partial charge in [0.15, 0.2) is 5.78 Å². The van der Waals surface area contributed by atoms with Gasteiger partial charge in [0, 0.05) is 6.21 Å². The zero-order valence-electron chi connectivity index (χ0n) is 4.66. The summed E-state index contributed by atoms with van der Waals surface area (Å²) in [6.45, 7) is 1.78. The molecule has 1 aliphatic heterocycles. The second-order valence-corrected chi connectivity index (χ2v) is 1.74. The van der Waals surface area contributed by atoms with Crippen LogP contribution in [0.25, 0.3) is 0 Å². The van der Waals surface area contributed by atoms with Crippen LogP contribution in [-0.4, -0.2) is 18.0 Å². The number of hydrogen-bond acceptors (Lipinski definition) is 2. The number of carbonyl (C=O) groups excluding carboxylic acids is 1. The summed E-state index contributed by atoms with van der Waals surface area (Å²) >= 11 is 0. The van der Waals surface area contributed by atoms with E-state index >= 15 is 0 Å². The van der Waals surface area contributed by atoms with Crippen LogP contribution in [0.15, 0.2) is 17.1 Å². The lowest BCUT2D eigenvalue weighted by Crippen LogP contribution is -2.13. The Bertz CT molecular complexity index is 158. The molecular formula is C6H7NO. The van der Waals surface area contributed by atoms with Gasteiger partial charge in [0.2, 0.25) is 0 Å². The van der Waals surface area contributed by atoms with Crippen molar-refractivity contribution >= 4 is 12.0 Å². The normalized spacial score (nSPS) is 26.6. The lowest BCUT2D eigenvalue weighted by molar-refractivity contribution is -0.115. The minimum Gasteiger partial charge on any atom is -0.292 e. The van der Waals surface area contributed by atoms with Crippen LogP contribution in [0.4, 0.5) is 0 Å². The molecule has 1 unspecified atom stereocenters. The summed E-state index contributed by atoms with van der Waals surface area (Å²) in [5.74, 6) is 0.0903. The third-order valence-corrected chi connectivity index (χ3v) is 1.07. The van der Waals surface area contributed by atoms with E-state index in [1.807, 2.05) is 0 Å².